The van der Waals surface area contributed by atoms with Crippen molar-refractivity contribution in [1.82, 2.24) is 10.6 Å². The van der Waals surface area contributed by atoms with Gasteiger partial charge in [-0.1, -0.05) is 13.3 Å². The van der Waals surface area contributed by atoms with Gasteiger partial charge in [0.25, 0.3) is 0 Å². The standard InChI is InChI=1S/C10H18N2O3/c1-2-3-6-11-9(15)12-7-10(4-5-10)8(13)14/h2-7H2,1H3,(H,13,14)(H2,11,12,15). The van der Waals surface area contributed by atoms with Crippen LogP contribution in [0.3, 0.4) is 0 Å². The second-order valence-corrected chi connectivity index (χ2v) is 4.05. The van der Waals surface area contributed by atoms with E-state index in [0.29, 0.717) is 19.4 Å². The summed E-state index contributed by atoms with van der Waals surface area (Å²) in [7, 11) is 0. The zero-order valence-corrected chi connectivity index (χ0v) is 9.01. The summed E-state index contributed by atoms with van der Waals surface area (Å²) in [5, 5.41) is 14.1. The Morgan fingerprint density at radius 1 is 1.33 bits per heavy atom. The van der Waals surface area contributed by atoms with Crippen LogP contribution in [0.4, 0.5) is 4.79 Å². The van der Waals surface area contributed by atoms with Crippen molar-refractivity contribution in [1.29, 1.82) is 0 Å². The van der Waals surface area contributed by atoms with E-state index in [0.717, 1.165) is 12.8 Å². The lowest BCUT2D eigenvalue weighted by Crippen LogP contribution is -2.41. The second kappa shape index (κ2) is 5.00. The normalized spacial score (nSPS) is 16.9. The Morgan fingerprint density at radius 2 is 2.00 bits per heavy atom. The van der Waals surface area contributed by atoms with E-state index in [2.05, 4.69) is 10.6 Å². The molecule has 0 aliphatic heterocycles. The number of nitrogens with one attached hydrogen (secondary N) is 2. The molecule has 0 bridgehead atoms. The maximum absolute atomic E-state index is 11.2. The first kappa shape index (κ1) is 11.8. The summed E-state index contributed by atoms with van der Waals surface area (Å²) >= 11 is 0. The maximum Gasteiger partial charge on any atom is 0.314 e. The van der Waals surface area contributed by atoms with Crippen LogP contribution < -0.4 is 10.6 Å². The molecule has 0 aromatic carbocycles. The Morgan fingerprint density at radius 3 is 2.47 bits per heavy atom. The van der Waals surface area contributed by atoms with Gasteiger partial charge in [0, 0.05) is 13.1 Å². The van der Waals surface area contributed by atoms with E-state index in [1.165, 1.54) is 0 Å². The fraction of sp³-hybridized carbons (Fsp3) is 0.800. The summed E-state index contributed by atoms with van der Waals surface area (Å²) in [5.41, 5.74) is -0.678. The van der Waals surface area contributed by atoms with Gasteiger partial charge in [-0.15, -0.1) is 0 Å². The number of hydrogen-bond donors (Lipinski definition) is 3. The van der Waals surface area contributed by atoms with E-state index in [-0.39, 0.29) is 12.6 Å². The highest BCUT2D eigenvalue weighted by Crippen LogP contribution is 2.45. The molecule has 1 saturated carbocycles. The summed E-state index contributed by atoms with van der Waals surface area (Å²) in [6.45, 7) is 2.92. The van der Waals surface area contributed by atoms with E-state index in [1.807, 2.05) is 6.92 Å². The molecule has 1 aliphatic rings. The number of carbonyl (C=O) groups excluding carboxylic acids is 1. The van der Waals surface area contributed by atoms with E-state index < -0.39 is 11.4 Å². The molecule has 2 amide bonds. The molecule has 1 rings (SSSR count). The van der Waals surface area contributed by atoms with Gasteiger partial charge in [0.2, 0.25) is 0 Å². The van der Waals surface area contributed by atoms with Crippen LogP contribution in [0.5, 0.6) is 0 Å². The highest BCUT2D eigenvalue weighted by molar-refractivity contribution is 5.80. The average Bonchev–Trinajstić information content (AvgIpc) is 2.96. The zero-order valence-electron chi connectivity index (χ0n) is 9.01. The van der Waals surface area contributed by atoms with Crippen LogP contribution >= 0.6 is 0 Å². The van der Waals surface area contributed by atoms with E-state index in [1.54, 1.807) is 0 Å². The first-order valence-corrected chi connectivity index (χ1v) is 5.36. The number of unbranched alkanes of at least 4 members (excludes halogenated alkanes) is 1. The van der Waals surface area contributed by atoms with Crippen molar-refractivity contribution in [3.05, 3.63) is 0 Å². The molecule has 1 aliphatic carbocycles. The number of amides is 2. The highest BCUT2D eigenvalue weighted by Gasteiger charge is 2.50. The summed E-state index contributed by atoms with van der Waals surface area (Å²) in [5.74, 6) is -0.809. The first-order valence-electron chi connectivity index (χ1n) is 5.36. The number of carboxylic acid groups (broad SMARTS) is 1. The van der Waals surface area contributed by atoms with Crippen molar-refractivity contribution in [2.24, 2.45) is 5.41 Å². The zero-order chi connectivity index (χ0) is 11.3. The van der Waals surface area contributed by atoms with E-state index in [4.69, 9.17) is 5.11 Å². The van der Waals surface area contributed by atoms with Gasteiger partial charge >= 0.3 is 12.0 Å². The van der Waals surface area contributed by atoms with Gasteiger partial charge in [0.15, 0.2) is 0 Å². The minimum Gasteiger partial charge on any atom is -0.481 e. The summed E-state index contributed by atoms with van der Waals surface area (Å²) in [6.07, 6.45) is 3.30. The molecule has 0 aromatic rings. The van der Waals surface area contributed by atoms with Crippen molar-refractivity contribution in [3.8, 4) is 0 Å². The lowest BCUT2D eigenvalue weighted by atomic mass is 10.1. The number of aliphatic carboxylic acids is 1. The Hall–Kier alpha value is -1.26. The van der Waals surface area contributed by atoms with Crippen LogP contribution in [0.1, 0.15) is 32.6 Å². The second-order valence-electron chi connectivity index (χ2n) is 4.05. The fourth-order valence-electron chi connectivity index (χ4n) is 1.31. The monoisotopic (exact) mass is 214 g/mol. The van der Waals surface area contributed by atoms with Gasteiger partial charge in [-0.05, 0) is 19.3 Å². The van der Waals surface area contributed by atoms with Crippen molar-refractivity contribution in [3.63, 3.8) is 0 Å². The van der Waals surface area contributed by atoms with Gasteiger partial charge in [0.05, 0.1) is 5.41 Å². The van der Waals surface area contributed by atoms with Gasteiger partial charge in [-0.2, -0.15) is 0 Å². The number of urea groups is 1. The van der Waals surface area contributed by atoms with Crippen LogP contribution in [0.15, 0.2) is 0 Å². The Balaban J connectivity index is 2.14. The van der Waals surface area contributed by atoms with E-state index >= 15 is 0 Å². The largest absolute Gasteiger partial charge is 0.481 e. The molecule has 0 saturated heterocycles. The molecule has 0 aromatic heterocycles. The maximum atomic E-state index is 11.2. The predicted molar refractivity (Wildman–Crippen MR) is 55.6 cm³/mol. The van der Waals surface area contributed by atoms with Crippen molar-refractivity contribution in [2.45, 2.75) is 32.6 Å². The molecule has 5 nitrogen and oxygen atoms in total. The molecular weight excluding hydrogens is 196 g/mol. The number of rotatable bonds is 6. The van der Waals surface area contributed by atoms with Crippen molar-refractivity contribution >= 4 is 12.0 Å². The molecule has 0 heterocycles. The van der Waals surface area contributed by atoms with Crippen LogP contribution in [0, 0.1) is 5.41 Å². The average molecular weight is 214 g/mol. The molecule has 0 atom stereocenters. The van der Waals surface area contributed by atoms with Crippen LogP contribution in [-0.4, -0.2) is 30.2 Å². The SMILES string of the molecule is CCCCNC(=O)NCC1(C(=O)O)CC1. The minimum atomic E-state index is -0.809. The number of carboxylic acids is 1. The third-order valence-electron chi connectivity index (χ3n) is 2.71. The molecule has 1 fully saturated rings. The van der Waals surface area contributed by atoms with Crippen molar-refractivity contribution in [2.75, 3.05) is 13.1 Å². The summed E-state index contributed by atoms with van der Waals surface area (Å²) in [6, 6.07) is -0.268. The lowest BCUT2D eigenvalue weighted by molar-refractivity contribution is -0.143. The molecular formula is C10H18N2O3. The minimum absolute atomic E-state index is 0.236. The van der Waals surface area contributed by atoms with Gasteiger partial charge in [-0.25, -0.2) is 4.79 Å². The molecule has 5 heteroatoms. The predicted octanol–water partition coefficient (Wildman–Crippen LogP) is 0.950. The third-order valence-corrected chi connectivity index (χ3v) is 2.71. The number of hydrogen-bond acceptors (Lipinski definition) is 2. The van der Waals surface area contributed by atoms with E-state index in [9.17, 15) is 9.59 Å². The van der Waals surface area contributed by atoms with Gasteiger partial charge < -0.3 is 15.7 Å². The number of carbonyl (C=O) groups is 2. The molecule has 0 radical (unpaired) electrons. The Labute approximate surface area is 89.2 Å². The summed E-state index contributed by atoms with van der Waals surface area (Å²) in [4.78, 5) is 22.0. The molecule has 15 heavy (non-hydrogen) atoms. The summed E-state index contributed by atoms with van der Waals surface area (Å²) < 4.78 is 0. The van der Waals surface area contributed by atoms with Crippen molar-refractivity contribution < 1.29 is 14.7 Å². The lowest BCUT2D eigenvalue weighted by Gasteiger charge is -2.11. The third kappa shape index (κ3) is 3.42. The molecule has 0 unspecified atom stereocenters. The van der Waals surface area contributed by atoms with Crippen LogP contribution in [-0.2, 0) is 4.79 Å². The first-order chi connectivity index (χ1) is 7.10. The van der Waals surface area contributed by atoms with Crippen LogP contribution in [0.2, 0.25) is 0 Å². The van der Waals surface area contributed by atoms with Gasteiger partial charge in [0.1, 0.15) is 0 Å². The smallest absolute Gasteiger partial charge is 0.314 e. The molecule has 86 valence electrons. The highest BCUT2D eigenvalue weighted by atomic mass is 16.4. The quantitative estimate of drug-likeness (QED) is 0.576. The Kier molecular flexibility index (Phi) is 3.94. The molecule has 0 spiro atoms. The topological polar surface area (TPSA) is 78.4 Å². The van der Waals surface area contributed by atoms with Gasteiger partial charge in [-0.3, -0.25) is 4.79 Å². The van der Waals surface area contributed by atoms with Crippen LogP contribution in [0.25, 0.3) is 0 Å². The fourth-order valence-corrected chi connectivity index (χ4v) is 1.31. The Bertz CT molecular complexity index is 249. The molecule has 3 N–H and O–H groups in total.